The van der Waals surface area contributed by atoms with Crippen LogP contribution in [-0.4, -0.2) is 35.8 Å². The van der Waals surface area contributed by atoms with E-state index in [0.717, 1.165) is 6.54 Å². The van der Waals surface area contributed by atoms with Crippen molar-refractivity contribution in [3.8, 4) is 0 Å². The van der Waals surface area contributed by atoms with Crippen molar-refractivity contribution in [1.82, 2.24) is 9.97 Å². The highest BCUT2D eigenvalue weighted by Gasteiger charge is 2.06. The van der Waals surface area contributed by atoms with Gasteiger partial charge in [0.1, 0.15) is 5.02 Å². The van der Waals surface area contributed by atoms with Crippen molar-refractivity contribution >= 4 is 23.4 Å². The molecule has 0 radical (unpaired) electrons. The van der Waals surface area contributed by atoms with Crippen LogP contribution in [0.2, 0.25) is 5.02 Å². The molecule has 0 amide bonds. The van der Waals surface area contributed by atoms with Crippen molar-refractivity contribution in [2.45, 2.75) is 26.9 Å². The predicted molar refractivity (Wildman–Crippen MR) is 70.8 cm³/mol. The lowest BCUT2D eigenvalue weighted by molar-refractivity contribution is 0.0855. The van der Waals surface area contributed by atoms with Crippen molar-refractivity contribution in [3.63, 3.8) is 0 Å². The molecule has 0 aliphatic carbocycles. The summed E-state index contributed by atoms with van der Waals surface area (Å²) in [5.74, 6) is 1.20. The van der Waals surface area contributed by atoms with Crippen molar-refractivity contribution in [2.75, 3.05) is 30.3 Å². The number of rotatable bonds is 7. The number of halogens is 1. The fourth-order valence-corrected chi connectivity index (χ4v) is 1.48. The van der Waals surface area contributed by atoms with Gasteiger partial charge in [-0.2, -0.15) is 4.98 Å². The first-order valence-electron chi connectivity index (χ1n) is 5.79. The molecule has 96 valence electrons. The van der Waals surface area contributed by atoms with Crippen molar-refractivity contribution in [2.24, 2.45) is 0 Å². The van der Waals surface area contributed by atoms with Crippen LogP contribution in [0.5, 0.6) is 0 Å². The van der Waals surface area contributed by atoms with Crippen molar-refractivity contribution in [1.29, 1.82) is 0 Å². The average Bonchev–Trinajstić information content (AvgIpc) is 2.30. The molecule has 1 aromatic heterocycles. The fraction of sp³-hybridized carbons (Fsp3) is 0.636. The van der Waals surface area contributed by atoms with Crippen LogP contribution in [0.1, 0.15) is 20.8 Å². The van der Waals surface area contributed by atoms with E-state index in [4.69, 9.17) is 16.3 Å². The molecule has 0 aliphatic heterocycles. The Morgan fingerprint density at radius 3 is 2.82 bits per heavy atom. The summed E-state index contributed by atoms with van der Waals surface area (Å²) in [7, 11) is 0. The van der Waals surface area contributed by atoms with Crippen LogP contribution in [0, 0.1) is 0 Å². The molecule has 0 fully saturated rings. The molecule has 1 aromatic rings. The molecule has 17 heavy (non-hydrogen) atoms. The molecule has 0 spiro atoms. The predicted octanol–water partition coefficient (Wildman–Crippen LogP) is 2.40. The molecular formula is C11H19ClN4O. The summed E-state index contributed by atoms with van der Waals surface area (Å²) in [4.78, 5) is 8.34. The SMILES string of the molecule is CCNc1ncc(Cl)c(NCC(C)OCC)n1. The zero-order chi connectivity index (χ0) is 12.7. The van der Waals surface area contributed by atoms with Gasteiger partial charge in [0.15, 0.2) is 5.82 Å². The minimum Gasteiger partial charge on any atom is -0.377 e. The Kier molecular flexibility index (Phi) is 6.00. The van der Waals surface area contributed by atoms with Crippen LogP contribution in [0.15, 0.2) is 6.20 Å². The highest BCUT2D eigenvalue weighted by Crippen LogP contribution is 2.19. The first-order valence-corrected chi connectivity index (χ1v) is 6.17. The van der Waals surface area contributed by atoms with Crippen LogP contribution >= 0.6 is 11.6 Å². The van der Waals surface area contributed by atoms with Gasteiger partial charge in [-0.15, -0.1) is 0 Å². The fourth-order valence-electron chi connectivity index (χ4n) is 1.32. The molecule has 0 saturated carbocycles. The van der Waals surface area contributed by atoms with Crippen molar-refractivity contribution in [3.05, 3.63) is 11.2 Å². The minimum absolute atomic E-state index is 0.119. The van der Waals surface area contributed by atoms with Crippen LogP contribution in [-0.2, 0) is 4.74 Å². The molecule has 1 rings (SSSR count). The van der Waals surface area contributed by atoms with Gasteiger partial charge < -0.3 is 15.4 Å². The molecule has 0 aromatic carbocycles. The largest absolute Gasteiger partial charge is 0.377 e. The van der Waals surface area contributed by atoms with Gasteiger partial charge in [0, 0.05) is 19.7 Å². The first-order chi connectivity index (χ1) is 8.17. The number of hydrogen-bond acceptors (Lipinski definition) is 5. The maximum atomic E-state index is 6.00. The second-order valence-corrected chi connectivity index (χ2v) is 3.97. The topological polar surface area (TPSA) is 59.1 Å². The number of aromatic nitrogens is 2. The normalized spacial score (nSPS) is 12.2. The first kappa shape index (κ1) is 14.0. The van der Waals surface area contributed by atoms with E-state index in [-0.39, 0.29) is 6.10 Å². The zero-order valence-corrected chi connectivity index (χ0v) is 11.2. The number of nitrogens with zero attached hydrogens (tertiary/aromatic N) is 2. The Hall–Kier alpha value is -1.07. The molecule has 1 unspecified atom stereocenters. The molecule has 2 N–H and O–H groups in total. The van der Waals surface area contributed by atoms with Crippen LogP contribution in [0.25, 0.3) is 0 Å². The van der Waals surface area contributed by atoms with Gasteiger partial charge in [-0.1, -0.05) is 11.6 Å². The molecule has 0 bridgehead atoms. The molecule has 0 aliphatic rings. The molecule has 0 saturated heterocycles. The molecule has 1 atom stereocenters. The van der Waals surface area contributed by atoms with Gasteiger partial charge >= 0.3 is 0 Å². The lowest BCUT2D eigenvalue weighted by atomic mass is 10.4. The van der Waals surface area contributed by atoms with Crippen molar-refractivity contribution < 1.29 is 4.74 Å². The summed E-state index contributed by atoms with van der Waals surface area (Å²) >= 11 is 6.00. The molecular weight excluding hydrogens is 240 g/mol. The van der Waals surface area contributed by atoms with Gasteiger partial charge in [-0.05, 0) is 20.8 Å². The zero-order valence-electron chi connectivity index (χ0n) is 10.5. The Bertz CT molecular complexity index is 348. The van der Waals surface area contributed by atoms with E-state index in [2.05, 4.69) is 20.6 Å². The summed E-state index contributed by atoms with van der Waals surface area (Å²) in [6.45, 7) is 8.09. The average molecular weight is 259 g/mol. The quantitative estimate of drug-likeness (QED) is 0.787. The molecule has 6 heteroatoms. The number of anilines is 2. The maximum absolute atomic E-state index is 6.00. The van der Waals surface area contributed by atoms with E-state index in [1.807, 2.05) is 20.8 Å². The van der Waals surface area contributed by atoms with Crippen LogP contribution in [0.4, 0.5) is 11.8 Å². The third-order valence-corrected chi connectivity index (χ3v) is 2.36. The maximum Gasteiger partial charge on any atom is 0.224 e. The van der Waals surface area contributed by atoms with Gasteiger partial charge in [0.25, 0.3) is 0 Å². The summed E-state index contributed by atoms with van der Waals surface area (Å²) in [5, 5.41) is 6.69. The van der Waals surface area contributed by atoms with E-state index >= 15 is 0 Å². The Balaban J connectivity index is 2.59. The van der Waals surface area contributed by atoms with Crippen LogP contribution < -0.4 is 10.6 Å². The third kappa shape index (κ3) is 4.75. The lowest BCUT2D eigenvalue weighted by Crippen LogP contribution is -2.20. The summed E-state index contributed by atoms with van der Waals surface area (Å²) in [5.41, 5.74) is 0. The second kappa shape index (κ2) is 7.29. The Labute approximate surface area is 107 Å². The Morgan fingerprint density at radius 2 is 2.18 bits per heavy atom. The highest BCUT2D eigenvalue weighted by atomic mass is 35.5. The van der Waals surface area contributed by atoms with Gasteiger partial charge in [0.2, 0.25) is 5.95 Å². The van der Waals surface area contributed by atoms with Gasteiger partial charge in [0.05, 0.1) is 12.3 Å². The Morgan fingerprint density at radius 1 is 1.41 bits per heavy atom. The van der Waals surface area contributed by atoms with E-state index < -0.39 is 0 Å². The van der Waals surface area contributed by atoms with E-state index in [9.17, 15) is 0 Å². The smallest absolute Gasteiger partial charge is 0.224 e. The standard InChI is InChI=1S/C11H19ClN4O/c1-4-13-11-15-7-9(12)10(16-11)14-6-8(3)17-5-2/h7-8H,4-6H2,1-3H3,(H2,13,14,15,16). The lowest BCUT2D eigenvalue weighted by Gasteiger charge is -2.14. The summed E-state index contributed by atoms with van der Waals surface area (Å²) in [6.07, 6.45) is 1.70. The van der Waals surface area contributed by atoms with E-state index in [1.54, 1.807) is 6.20 Å². The van der Waals surface area contributed by atoms with E-state index in [1.165, 1.54) is 0 Å². The molecule has 1 heterocycles. The highest BCUT2D eigenvalue weighted by molar-refractivity contribution is 6.32. The summed E-state index contributed by atoms with van der Waals surface area (Å²) < 4.78 is 5.42. The number of ether oxygens (including phenoxy) is 1. The van der Waals surface area contributed by atoms with Crippen LogP contribution in [0.3, 0.4) is 0 Å². The molecule has 5 nitrogen and oxygen atoms in total. The second-order valence-electron chi connectivity index (χ2n) is 3.57. The van der Waals surface area contributed by atoms with E-state index in [0.29, 0.717) is 29.9 Å². The monoisotopic (exact) mass is 258 g/mol. The number of hydrogen-bond donors (Lipinski definition) is 2. The summed E-state index contributed by atoms with van der Waals surface area (Å²) in [6, 6.07) is 0. The van der Waals surface area contributed by atoms with Gasteiger partial charge in [-0.3, -0.25) is 0 Å². The third-order valence-electron chi connectivity index (χ3n) is 2.09. The van der Waals surface area contributed by atoms with Gasteiger partial charge in [-0.25, -0.2) is 4.98 Å². The minimum atomic E-state index is 0.119. The number of nitrogens with one attached hydrogen (secondary N) is 2.